The molecule has 1 aliphatic rings. The van der Waals surface area contributed by atoms with Crippen molar-refractivity contribution < 1.29 is 0 Å². The second-order valence-electron chi connectivity index (χ2n) is 3.87. The average Bonchev–Trinajstić information content (AvgIpc) is 2.81. The van der Waals surface area contributed by atoms with Crippen molar-refractivity contribution in [1.29, 1.82) is 0 Å². The fourth-order valence-corrected chi connectivity index (χ4v) is 1.79. The molecule has 1 aliphatic carbocycles. The Balaban J connectivity index is 1.97. The van der Waals surface area contributed by atoms with Crippen molar-refractivity contribution in [3.05, 3.63) is 29.8 Å². The third-order valence-electron chi connectivity index (χ3n) is 2.76. The summed E-state index contributed by atoms with van der Waals surface area (Å²) in [6, 6.07) is 8.49. The van der Waals surface area contributed by atoms with Gasteiger partial charge in [0, 0.05) is 17.5 Å². The van der Waals surface area contributed by atoms with Gasteiger partial charge in [-0.2, -0.15) is 5.21 Å². The summed E-state index contributed by atoms with van der Waals surface area (Å²) >= 11 is 0. The third-order valence-corrected chi connectivity index (χ3v) is 2.76. The van der Waals surface area contributed by atoms with Crippen molar-refractivity contribution in [1.82, 2.24) is 20.6 Å². The lowest BCUT2D eigenvalue weighted by Crippen LogP contribution is -2.00. The van der Waals surface area contributed by atoms with Crippen molar-refractivity contribution in [3.63, 3.8) is 0 Å². The highest BCUT2D eigenvalue weighted by Gasteiger charge is 2.34. The van der Waals surface area contributed by atoms with E-state index in [1.807, 2.05) is 12.1 Å². The van der Waals surface area contributed by atoms with Crippen LogP contribution in [0.1, 0.15) is 17.9 Å². The summed E-state index contributed by atoms with van der Waals surface area (Å²) < 4.78 is 0. The summed E-state index contributed by atoms with van der Waals surface area (Å²) in [5.74, 6) is 1.14. The molecule has 1 fully saturated rings. The number of nitrogens with one attached hydrogen (secondary N) is 1. The van der Waals surface area contributed by atoms with Crippen molar-refractivity contribution in [3.8, 4) is 11.4 Å². The molecule has 3 rings (SSSR count). The molecule has 0 radical (unpaired) electrons. The molecule has 0 spiro atoms. The van der Waals surface area contributed by atoms with Gasteiger partial charge in [0.25, 0.3) is 0 Å². The molecule has 1 aromatic heterocycles. The van der Waals surface area contributed by atoms with Crippen LogP contribution in [0.25, 0.3) is 11.4 Å². The van der Waals surface area contributed by atoms with E-state index in [-0.39, 0.29) is 0 Å². The highest BCUT2D eigenvalue weighted by Crippen LogP contribution is 2.39. The minimum absolute atomic E-state index is 0.325. The second-order valence-corrected chi connectivity index (χ2v) is 3.87. The third kappa shape index (κ3) is 1.50. The fourth-order valence-electron chi connectivity index (χ4n) is 1.79. The highest BCUT2D eigenvalue weighted by atomic mass is 15.5. The SMILES string of the molecule is N[C@@H]1C[C@H]1c1cccc(-c2nn[nH]n2)c1. The van der Waals surface area contributed by atoms with E-state index in [2.05, 4.69) is 32.8 Å². The number of hydrogen-bond donors (Lipinski definition) is 2. The van der Waals surface area contributed by atoms with Gasteiger partial charge in [0.1, 0.15) is 0 Å². The van der Waals surface area contributed by atoms with Crippen molar-refractivity contribution >= 4 is 0 Å². The molecular formula is C10H11N5. The van der Waals surface area contributed by atoms with Gasteiger partial charge in [0.05, 0.1) is 0 Å². The number of rotatable bonds is 2. The first kappa shape index (κ1) is 8.55. The summed E-state index contributed by atoms with van der Waals surface area (Å²) in [5, 5.41) is 13.9. The highest BCUT2D eigenvalue weighted by molar-refractivity contribution is 5.56. The Labute approximate surface area is 86.7 Å². The van der Waals surface area contributed by atoms with E-state index in [0.717, 1.165) is 12.0 Å². The molecule has 2 atom stereocenters. The van der Waals surface area contributed by atoms with E-state index in [1.54, 1.807) is 0 Å². The summed E-state index contributed by atoms with van der Waals surface area (Å²) in [6.45, 7) is 0. The first-order valence-electron chi connectivity index (χ1n) is 4.94. The van der Waals surface area contributed by atoms with Crippen LogP contribution < -0.4 is 5.73 Å². The quantitative estimate of drug-likeness (QED) is 0.748. The molecule has 0 saturated heterocycles. The number of tetrazole rings is 1. The molecule has 76 valence electrons. The maximum atomic E-state index is 5.82. The molecule has 15 heavy (non-hydrogen) atoms. The van der Waals surface area contributed by atoms with Crippen molar-refractivity contribution in [2.45, 2.75) is 18.4 Å². The van der Waals surface area contributed by atoms with Crippen LogP contribution in [-0.4, -0.2) is 26.7 Å². The Kier molecular flexibility index (Phi) is 1.78. The fraction of sp³-hybridized carbons (Fsp3) is 0.300. The predicted molar refractivity (Wildman–Crippen MR) is 54.9 cm³/mol. The molecule has 0 aliphatic heterocycles. The Bertz CT molecular complexity index is 464. The zero-order valence-corrected chi connectivity index (χ0v) is 8.09. The van der Waals surface area contributed by atoms with Crippen LogP contribution in [0.4, 0.5) is 0 Å². The zero-order valence-electron chi connectivity index (χ0n) is 8.09. The molecule has 0 bridgehead atoms. The number of aromatic amines is 1. The summed E-state index contributed by atoms with van der Waals surface area (Å²) in [5.41, 5.74) is 8.07. The molecule has 3 N–H and O–H groups in total. The van der Waals surface area contributed by atoms with E-state index in [1.165, 1.54) is 5.56 Å². The van der Waals surface area contributed by atoms with Gasteiger partial charge in [-0.05, 0) is 23.3 Å². The second kappa shape index (κ2) is 3.13. The molecule has 1 saturated carbocycles. The van der Waals surface area contributed by atoms with E-state index >= 15 is 0 Å². The maximum Gasteiger partial charge on any atom is 0.204 e. The molecule has 0 unspecified atom stereocenters. The minimum atomic E-state index is 0.325. The van der Waals surface area contributed by atoms with E-state index in [0.29, 0.717) is 17.8 Å². The molecule has 0 amide bonds. The van der Waals surface area contributed by atoms with Crippen LogP contribution in [0.5, 0.6) is 0 Å². The summed E-state index contributed by atoms with van der Waals surface area (Å²) in [4.78, 5) is 0. The van der Waals surface area contributed by atoms with Gasteiger partial charge in [-0.25, -0.2) is 0 Å². The lowest BCUT2D eigenvalue weighted by molar-refractivity contribution is 0.881. The van der Waals surface area contributed by atoms with Crippen LogP contribution in [0.3, 0.4) is 0 Å². The molecule has 5 nitrogen and oxygen atoms in total. The van der Waals surface area contributed by atoms with Crippen LogP contribution in [0.2, 0.25) is 0 Å². The first-order chi connectivity index (χ1) is 7.34. The van der Waals surface area contributed by atoms with Crippen LogP contribution >= 0.6 is 0 Å². The van der Waals surface area contributed by atoms with Crippen molar-refractivity contribution in [2.75, 3.05) is 0 Å². The standard InChI is InChI=1S/C10H11N5/c11-9-5-8(9)6-2-1-3-7(4-6)10-12-14-15-13-10/h1-4,8-9H,5,11H2,(H,12,13,14,15)/t8-,9+/m0/s1. The topological polar surface area (TPSA) is 80.5 Å². The van der Waals surface area contributed by atoms with E-state index in [9.17, 15) is 0 Å². The molecule has 2 aromatic rings. The number of aromatic nitrogens is 4. The van der Waals surface area contributed by atoms with Crippen LogP contribution in [0.15, 0.2) is 24.3 Å². The van der Waals surface area contributed by atoms with E-state index in [4.69, 9.17) is 5.73 Å². The molecule has 1 aromatic carbocycles. The van der Waals surface area contributed by atoms with Gasteiger partial charge in [0.15, 0.2) is 0 Å². The minimum Gasteiger partial charge on any atom is -0.327 e. The Morgan fingerprint density at radius 2 is 2.27 bits per heavy atom. The zero-order chi connectivity index (χ0) is 10.3. The monoisotopic (exact) mass is 201 g/mol. The normalized spacial score (nSPS) is 24.1. The Morgan fingerprint density at radius 1 is 1.40 bits per heavy atom. The lowest BCUT2D eigenvalue weighted by atomic mass is 10.1. The number of H-pyrrole nitrogens is 1. The van der Waals surface area contributed by atoms with Gasteiger partial charge in [-0.3, -0.25) is 0 Å². The first-order valence-corrected chi connectivity index (χ1v) is 4.94. The molecule has 1 heterocycles. The lowest BCUT2D eigenvalue weighted by Gasteiger charge is -2.00. The van der Waals surface area contributed by atoms with Gasteiger partial charge < -0.3 is 5.73 Å². The van der Waals surface area contributed by atoms with Crippen LogP contribution in [-0.2, 0) is 0 Å². The largest absolute Gasteiger partial charge is 0.327 e. The maximum absolute atomic E-state index is 5.82. The molecule has 5 heteroatoms. The van der Waals surface area contributed by atoms with Gasteiger partial charge in [-0.1, -0.05) is 18.2 Å². The predicted octanol–water partition coefficient (Wildman–Crippen LogP) is 0.681. The van der Waals surface area contributed by atoms with Crippen molar-refractivity contribution in [2.24, 2.45) is 5.73 Å². The summed E-state index contributed by atoms with van der Waals surface area (Å²) in [7, 11) is 0. The van der Waals surface area contributed by atoms with E-state index < -0.39 is 0 Å². The Morgan fingerprint density at radius 3 is 2.93 bits per heavy atom. The number of nitrogens with zero attached hydrogens (tertiary/aromatic N) is 3. The smallest absolute Gasteiger partial charge is 0.204 e. The van der Waals surface area contributed by atoms with Gasteiger partial charge in [0.2, 0.25) is 5.82 Å². The number of benzene rings is 1. The number of hydrogen-bond acceptors (Lipinski definition) is 4. The van der Waals surface area contributed by atoms with Gasteiger partial charge >= 0.3 is 0 Å². The Hall–Kier alpha value is -1.75. The van der Waals surface area contributed by atoms with Gasteiger partial charge in [-0.15, -0.1) is 10.2 Å². The summed E-state index contributed by atoms with van der Waals surface area (Å²) in [6.07, 6.45) is 1.08. The average molecular weight is 201 g/mol. The molecular weight excluding hydrogens is 190 g/mol. The van der Waals surface area contributed by atoms with Crippen LogP contribution in [0, 0.1) is 0 Å². The number of nitrogens with two attached hydrogens (primary N) is 1.